The van der Waals surface area contributed by atoms with Gasteiger partial charge in [0.1, 0.15) is 17.5 Å². The Bertz CT molecular complexity index is 994. The predicted molar refractivity (Wildman–Crippen MR) is 110 cm³/mol. The topological polar surface area (TPSA) is 102 Å². The highest BCUT2D eigenvalue weighted by Crippen LogP contribution is 2.40. The van der Waals surface area contributed by atoms with Crippen LogP contribution < -0.4 is 9.80 Å². The Morgan fingerprint density at radius 2 is 1.76 bits per heavy atom. The number of allylic oxidation sites excluding steroid dienone is 1. The van der Waals surface area contributed by atoms with Crippen molar-refractivity contribution >= 4 is 32.9 Å². The molecule has 2 aliphatic rings. The van der Waals surface area contributed by atoms with Gasteiger partial charge in [0, 0.05) is 40.0 Å². The zero-order valence-electron chi connectivity index (χ0n) is 16.8. The summed E-state index contributed by atoms with van der Waals surface area (Å²) in [5, 5.41) is 9.63. The van der Waals surface area contributed by atoms with Crippen molar-refractivity contribution < 1.29 is 18.0 Å². The van der Waals surface area contributed by atoms with Crippen molar-refractivity contribution in [1.29, 1.82) is 5.26 Å². The fraction of sp³-hybridized carbons (Fsp3) is 0.450. The van der Waals surface area contributed by atoms with Crippen molar-refractivity contribution in [3.05, 3.63) is 35.7 Å². The highest BCUT2D eigenvalue weighted by molar-refractivity contribution is 7.91. The third kappa shape index (κ3) is 3.98. The van der Waals surface area contributed by atoms with Crippen LogP contribution in [0.25, 0.3) is 0 Å². The number of anilines is 2. The monoisotopic (exact) mass is 416 g/mol. The summed E-state index contributed by atoms with van der Waals surface area (Å²) >= 11 is 0. The van der Waals surface area contributed by atoms with E-state index in [4.69, 9.17) is 0 Å². The molecular weight excluding hydrogens is 392 g/mol. The molecule has 1 aromatic rings. The molecule has 0 N–H and O–H groups in total. The number of carbonyl (C=O) groups is 2. The number of carbonyl (C=O) groups excluding carboxylic acids is 2. The Hall–Kier alpha value is -2.86. The van der Waals surface area contributed by atoms with Crippen molar-refractivity contribution in [2.24, 2.45) is 0 Å². The second kappa shape index (κ2) is 7.87. The van der Waals surface area contributed by atoms with Crippen LogP contribution in [0, 0.1) is 11.3 Å². The van der Waals surface area contributed by atoms with Crippen molar-refractivity contribution in [2.45, 2.75) is 25.3 Å². The van der Waals surface area contributed by atoms with E-state index in [1.807, 2.05) is 30.3 Å². The first-order valence-electron chi connectivity index (χ1n) is 9.36. The second-order valence-corrected chi connectivity index (χ2v) is 9.63. The number of sulfone groups is 1. The molecule has 0 aliphatic carbocycles. The van der Waals surface area contributed by atoms with Crippen LogP contribution in [0.15, 0.2) is 35.7 Å². The normalized spacial score (nSPS) is 19.7. The first-order valence-corrected chi connectivity index (χ1v) is 11.2. The van der Waals surface area contributed by atoms with E-state index in [0.717, 1.165) is 11.4 Å². The van der Waals surface area contributed by atoms with Gasteiger partial charge in [-0.25, -0.2) is 8.42 Å². The van der Waals surface area contributed by atoms with Gasteiger partial charge in [0.2, 0.25) is 5.91 Å². The van der Waals surface area contributed by atoms with Crippen LogP contribution in [0.2, 0.25) is 0 Å². The Morgan fingerprint density at radius 3 is 2.24 bits per heavy atom. The van der Waals surface area contributed by atoms with Gasteiger partial charge in [-0.2, -0.15) is 5.26 Å². The van der Waals surface area contributed by atoms with E-state index < -0.39 is 15.6 Å². The molecule has 154 valence electrons. The number of amides is 1. The predicted octanol–water partition coefficient (Wildman–Crippen LogP) is 1.30. The average molecular weight is 417 g/mol. The number of Topliss-reactive ketones (excluding diaryl/α,β-unsaturated/α-hetero) is 1. The van der Waals surface area contributed by atoms with E-state index in [1.165, 1.54) is 4.90 Å². The molecular formula is C20H24N4O4S. The summed E-state index contributed by atoms with van der Waals surface area (Å²) in [6, 6.07) is 9.24. The van der Waals surface area contributed by atoms with Gasteiger partial charge < -0.3 is 14.7 Å². The zero-order chi connectivity index (χ0) is 21.3. The van der Waals surface area contributed by atoms with Crippen LogP contribution in [-0.4, -0.2) is 63.7 Å². The minimum absolute atomic E-state index is 0.00472. The molecule has 1 fully saturated rings. The fourth-order valence-electron chi connectivity index (χ4n) is 3.86. The third-order valence-electron chi connectivity index (χ3n) is 5.57. The summed E-state index contributed by atoms with van der Waals surface area (Å²) < 4.78 is 23.2. The van der Waals surface area contributed by atoms with Crippen molar-refractivity contribution in [2.75, 3.05) is 42.4 Å². The van der Waals surface area contributed by atoms with E-state index in [9.17, 15) is 23.3 Å². The molecule has 0 unspecified atom stereocenters. The molecule has 3 rings (SSSR count). The minimum atomic E-state index is -3.09. The maximum atomic E-state index is 12.8. The molecule has 2 aliphatic heterocycles. The first kappa shape index (κ1) is 20.9. The molecule has 0 aromatic heterocycles. The van der Waals surface area contributed by atoms with Gasteiger partial charge in [0.15, 0.2) is 15.6 Å². The summed E-state index contributed by atoms with van der Waals surface area (Å²) in [6.07, 6.45) is 0.248. The maximum Gasteiger partial charge on any atom is 0.223 e. The van der Waals surface area contributed by atoms with Gasteiger partial charge in [-0.15, -0.1) is 0 Å². The zero-order valence-corrected chi connectivity index (χ0v) is 17.6. The second-order valence-electron chi connectivity index (χ2n) is 7.40. The number of hydrogen-bond acceptors (Lipinski definition) is 7. The number of fused-ring (bicyclic) bond motifs is 1. The SMILES string of the molecule is CN1C(=C(C#N)C(=O)CCC(=O)N(C)[C@@H]2CCS(=O)(=O)C2)N(C)c2ccccc21. The molecule has 0 radical (unpaired) electrons. The van der Waals surface area contributed by atoms with Gasteiger partial charge in [0.05, 0.1) is 22.9 Å². The molecule has 2 heterocycles. The van der Waals surface area contributed by atoms with Gasteiger partial charge in [0.25, 0.3) is 0 Å². The lowest BCUT2D eigenvalue weighted by molar-refractivity contribution is -0.133. The Labute approximate surface area is 170 Å². The van der Waals surface area contributed by atoms with Crippen LogP contribution in [0.1, 0.15) is 19.3 Å². The number of hydrogen-bond donors (Lipinski definition) is 0. The largest absolute Gasteiger partial charge is 0.342 e. The molecule has 9 heteroatoms. The summed E-state index contributed by atoms with van der Waals surface area (Å²) in [7, 11) is 2.06. The Kier molecular flexibility index (Phi) is 5.66. The van der Waals surface area contributed by atoms with Crippen molar-refractivity contribution in [3.8, 4) is 6.07 Å². The standard InChI is InChI=1S/C20H24N4O4S/c1-22(14-10-11-29(27,28)13-14)19(26)9-8-18(25)15(12-21)20-23(2)16-6-4-5-7-17(16)24(20)3/h4-7,14H,8-11,13H2,1-3H3/t14-/m1/s1. The van der Waals surface area contributed by atoms with Crippen LogP contribution in [0.4, 0.5) is 11.4 Å². The van der Waals surface area contributed by atoms with E-state index in [0.29, 0.717) is 12.2 Å². The number of nitrogens with zero attached hydrogens (tertiary/aromatic N) is 4. The average Bonchev–Trinajstić information content (AvgIpc) is 3.18. The lowest BCUT2D eigenvalue weighted by atomic mass is 10.1. The maximum absolute atomic E-state index is 12.8. The molecule has 1 saturated heterocycles. The van der Waals surface area contributed by atoms with E-state index in [-0.39, 0.29) is 41.9 Å². The summed E-state index contributed by atoms with van der Waals surface area (Å²) in [4.78, 5) is 30.2. The highest BCUT2D eigenvalue weighted by Gasteiger charge is 2.34. The van der Waals surface area contributed by atoms with Crippen LogP contribution in [0.3, 0.4) is 0 Å². The van der Waals surface area contributed by atoms with Crippen LogP contribution in [0.5, 0.6) is 0 Å². The van der Waals surface area contributed by atoms with E-state index in [1.54, 1.807) is 30.9 Å². The lowest BCUT2D eigenvalue weighted by Gasteiger charge is -2.23. The first-order chi connectivity index (χ1) is 13.7. The van der Waals surface area contributed by atoms with Gasteiger partial charge in [-0.05, 0) is 18.6 Å². The number of rotatable bonds is 5. The fourth-order valence-corrected chi connectivity index (χ4v) is 5.64. The molecule has 1 atom stereocenters. The van der Waals surface area contributed by atoms with Gasteiger partial charge >= 0.3 is 0 Å². The van der Waals surface area contributed by atoms with Crippen molar-refractivity contribution in [3.63, 3.8) is 0 Å². The number of benzene rings is 1. The van der Waals surface area contributed by atoms with E-state index in [2.05, 4.69) is 0 Å². The molecule has 8 nitrogen and oxygen atoms in total. The molecule has 1 amide bonds. The molecule has 29 heavy (non-hydrogen) atoms. The highest BCUT2D eigenvalue weighted by atomic mass is 32.2. The quantitative estimate of drug-likeness (QED) is 0.527. The molecule has 1 aromatic carbocycles. The van der Waals surface area contributed by atoms with Gasteiger partial charge in [-0.3, -0.25) is 9.59 Å². The summed E-state index contributed by atoms with van der Waals surface area (Å²) in [5.74, 6) is -0.168. The van der Waals surface area contributed by atoms with Crippen LogP contribution in [-0.2, 0) is 19.4 Å². The Balaban J connectivity index is 1.71. The summed E-state index contributed by atoms with van der Waals surface area (Å²) in [5.41, 5.74) is 1.79. The van der Waals surface area contributed by atoms with Gasteiger partial charge in [-0.1, -0.05) is 12.1 Å². The van der Waals surface area contributed by atoms with Crippen LogP contribution >= 0.6 is 0 Å². The molecule has 0 bridgehead atoms. The number of para-hydroxylation sites is 2. The molecule has 0 saturated carbocycles. The number of nitriles is 1. The van der Waals surface area contributed by atoms with Crippen molar-refractivity contribution in [1.82, 2.24) is 4.90 Å². The number of ketones is 1. The third-order valence-corrected chi connectivity index (χ3v) is 7.32. The summed E-state index contributed by atoms with van der Waals surface area (Å²) in [6.45, 7) is 0. The minimum Gasteiger partial charge on any atom is -0.342 e. The smallest absolute Gasteiger partial charge is 0.223 e. The molecule has 0 spiro atoms. The Morgan fingerprint density at radius 1 is 1.17 bits per heavy atom. The van der Waals surface area contributed by atoms with E-state index >= 15 is 0 Å². The lowest BCUT2D eigenvalue weighted by Crippen LogP contribution is -2.38.